The Morgan fingerprint density at radius 2 is 1.94 bits per heavy atom. The molecule has 0 saturated carbocycles. The first-order valence-corrected chi connectivity index (χ1v) is 12.7. The van der Waals surface area contributed by atoms with Gasteiger partial charge in [0.2, 0.25) is 11.7 Å². The Labute approximate surface area is 194 Å². The van der Waals surface area contributed by atoms with Crippen LogP contribution < -0.4 is 5.32 Å². The molecular formula is C21H21ClN2O6S2. The number of halogens is 1. The summed E-state index contributed by atoms with van der Waals surface area (Å²) in [6, 6.07) is 10.0. The summed E-state index contributed by atoms with van der Waals surface area (Å²) in [5, 5.41) is 3.41. The second kappa shape index (κ2) is 9.22. The van der Waals surface area contributed by atoms with E-state index in [1.807, 2.05) is 0 Å². The number of ether oxygens (including phenoxy) is 1. The number of para-hydroxylation sites is 1. The van der Waals surface area contributed by atoms with E-state index in [0.29, 0.717) is 28.1 Å². The number of piperidine rings is 1. The minimum Gasteiger partial charge on any atom is -0.460 e. The van der Waals surface area contributed by atoms with Gasteiger partial charge in [-0.2, -0.15) is 4.31 Å². The van der Waals surface area contributed by atoms with Crippen molar-refractivity contribution in [3.63, 3.8) is 0 Å². The summed E-state index contributed by atoms with van der Waals surface area (Å²) in [5.74, 6) is -1.42. The van der Waals surface area contributed by atoms with Gasteiger partial charge in [-0.3, -0.25) is 4.79 Å². The third-order valence-corrected chi connectivity index (χ3v) is 8.87. The highest BCUT2D eigenvalue weighted by Gasteiger charge is 2.34. The van der Waals surface area contributed by atoms with Crippen molar-refractivity contribution in [1.82, 2.24) is 4.31 Å². The van der Waals surface area contributed by atoms with Crippen LogP contribution in [0.3, 0.4) is 0 Å². The van der Waals surface area contributed by atoms with E-state index in [-0.39, 0.29) is 41.3 Å². The van der Waals surface area contributed by atoms with Crippen molar-refractivity contribution in [1.29, 1.82) is 0 Å². The summed E-state index contributed by atoms with van der Waals surface area (Å²) >= 11 is 6.89. The first kappa shape index (κ1) is 22.8. The quantitative estimate of drug-likeness (QED) is 0.508. The minimum absolute atomic E-state index is 0.0593. The fraction of sp³-hybridized carbons (Fsp3) is 0.333. The van der Waals surface area contributed by atoms with E-state index in [4.69, 9.17) is 20.8 Å². The summed E-state index contributed by atoms with van der Waals surface area (Å²) in [6.45, 7) is 2.29. The molecular weight excluding hydrogens is 476 g/mol. The fourth-order valence-corrected chi connectivity index (χ4v) is 6.76. The maximum absolute atomic E-state index is 13.0. The second-order valence-corrected chi connectivity index (χ2v) is 11.1. The molecule has 0 bridgehead atoms. The summed E-state index contributed by atoms with van der Waals surface area (Å²) < 4.78 is 38.2. The highest BCUT2D eigenvalue weighted by Crippen LogP contribution is 2.34. The molecule has 0 spiro atoms. The van der Waals surface area contributed by atoms with Crippen LogP contribution in [0.4, 0.5) is 5.69 Å². The van der Waals surface area contributed by atoms with Crippen molar-refractivity contribution in [3.8, 4) is 0 Å². The Balaban J connectivity index is 1.48. The van der Waals surface area contributed by atoms with Crippen LogP contribution in [0.2, 0.25) is 4.34 Å². The van der Waals surface area contributed by atoms with Gasteiger partial charge in [0.1, 0.15) is 15.5 Å². The summed E-state index contributed by atoms with van der Waals surface area (Å²) in [7, 11) is -3.63. The molecule has 3 heterocycles. The van der Waals surface area contributed by atoms with Crippen LogP contribution in [0.15, 0.2) is 45.0 Å². The predicted octanol–water partition coefficient (Wildman–Crippen LogP) is 4.36. The molecule has 1 saturated heterocycles. The number of thiophene rings is 1. The molecule has 4 rings (SSSR count). The average molecular weight is 497 g/mol. The number of nitrogens with zero attached hydrogens (tertiary/aromatic N) is 1. The molecule has 0 atom stereocenters. The number of furan rings is 1. The number of benzene rings is 1. The second-order valence-electron chi connectivity index (χ2n) is 7.25. The number of anilines is 1. The average Bonchev–Trinajstić information content (AvgIpc) is 3.38. The van der Waals surface area contributed by atoms with Crippen LogP contribution in [0, 0.1) is 5.92 Å². The Hall–Kier alpha value is -2.40. The molecule has 1 aliphatic rings. The zero-order valence-electron chi connectivity index (χ0n) is 17.2. The standard InChI is InChI=1S/C21H21ClN2O6S2/c1-2-29-21(26)19-18(14-5-3-4-6-15(14)30-19)23-20(25)13-9-11-24(12-10-13)32(27,28)17-8-7-16(22)31-17/h3-8,13H,2,9-12H2,1H3,(H,23,25). The first-order chi connectivity index (χ1) is 15.3. The lowest BCUT2D eigenvalue weighted by Crippen LogP contribution is -2.41. The lowest BCUT2D eigenvalue weighted by atomic mass is 9.97. The fourth-order valence-electron chi connectivity index (χ4n) is 3.66. The number of nitrogens with one attached hydrogen (secondary N) is 1. The van der Waals surface area contributed by atoms with Crippen LogP contribution in [-0.4, -0.2) is 44.3 Å². The number of carbonyl (C=O) groups excluding carboxylic acids is 2. The molecule has 0 aliphatic carbocycles. The first-order valence-electron chi connectivity index (χ1n) is 10.1. The van der Waals surface area contributed by atoms with Gasteiger partial charge in [0, 0.05) is 24.4 Å². The molecule has 32 heavy (non-hydrogen) atoms. The molecule has 11 heteroatoms. The van der Waals surface area contributed by atoms with Gasteiger partial charge in [0.15, 0.2) is 0 Å². The van der Waals surface area contributed by atoms with Crippen molar-refractivity contribution in [2.24, 2.45) is 5.92 Å². The van der Waals surface area contributed by atoms with Gasteiger partial charge in [-0.15, -0.1) is 11.3 Å². The SMILES string of the molecule is CCOC(=O)c1oc2ccccc2c1NC(=O)C1CCN(S(=O)(=O)c2ccc(Cl)s2)CC1. The monoisotopic (exact) mass is 496 g/mol. The summed E-state index contributed by atoms with van der Waals surface area (Å²) in [4.78, 5) is 25.3. The van der Waals surface area contributed by atoms with E-state index in [0.717, 1.165) is 11.3 Å². The third kappa shape index (κ3) is 4.40. The van der Waals surface area contributed by atoms with Crippen molar-refractivity contribution < 1.29 is 27.2 Å². The van der Waals surface area contributed by atoms with Gasteiger partial charge in [0.05, 0.1) is 10.9 Å². The van der Waals surface area contributed by atoms with Crippen molar-refractivity contribution >= 4 is 61.5 Å². The Bertz CT molecular complexity index is 1260. The van der Waals surface area contributed by atoms with E-state index in [9.17, 15) is 18.0 Å². The van der Waals surface area contributed by atoms with E-state index < -0.39 is 21.9 Å². The van der Waals surface area contributed by atoms with Gasteiger partial charge in [-0.1, -0.05) is 23.7 Å². The minimum atomic E-state index is -3.63. The van der Waals surface area contributed by atoms with Gasteiger partial charge >= 0.3 is 5.97 Å². The number of carbonyl (C=O) groups is 2. The van der Waals surface area contributed by atoms with Gasteiger partial charge < -0.3 is 14.5 Å². The molecule has 1 N–H and O–H groups in total. The Morgan fingerprint density at radius 1 is 1.22 bits per heavy atom. The van der Waals surface area contributed by atoms with E-state index in [1.165, 1.54) is 10.4 Å². The number of rotatable bonds is 6. The van der Waals surface area contributed by atoms with Gasteiger partial charge in [-0.05, 0) is 44.0 Å². The number of fused-ring (bicyclic) bond motifs is 1. The van der Waals surface area contributed by atoms with Crippen LogP contribution in [-0.2, 0) is 19.6 Å². The largest absolute Gasteiger partial charge is 0.460 e. The smallest absolute Gasteiger partial charge is 0.376 e. The highest BCUT2D eigenvalue weighted by molar-refractivity contribution is 7.91. The number of amides is 1. The third-order valence-electron chi connectivity index (χ3n) is 5.27. The number of sulfonamides is 1. The van der Waals surface area contributed by atoms with E-state index in [2.05, 4.69) is 5.32 Å². The topological polar surface area (TPSA) is 106 Å². The van der Waals surface area contributed by atoms with Crippen molar-refractivity contribution in [3.05, 3.63) is 46.5 Å². The lowest BCUT2D eigenvalue weighted by Gasteiger charge is -2.30. The molecule has 1 aromatic carbocycles. The molecule has 1 aliphatic heterocycles. The molecule has 1 fully saturated rings. The van der Waals surface area contributed by atoms with Crippen molar-refractivity contribution in [2.75, 3.05) is 25.0 Å². The van der Waals surface area contributed by atoms with E-state index in [1.54, 1.807) is 37.3 Å². The maximum atomic E-state index is 13.0. The Kier molecular flexibility index (Phi) is 6.57. The Morgan fingerprint density at radius 3 is 2.59 bits per heavy atom. The van der Waals surface area contributed by atoms with Crippen LogP contribution in [0.1, 0.15) is 30.3 Å². The molecule has 1 amide bonds. The number of esters is 1. The zero-order valence-corrected chi connectivity index (χ0v) is 19.6. The van der Waals surface area contributed by atoms with Crippen LogP contribution in [0.5, 0.6) is 0 Å². The predicted molar refractivity (Wildman–Crippen MR) is 122 cm³/mol. The number of hydrogen-bond donors (Lipinski definition) is 1. The van der Waals surface area contributed by atoms with Crippen LogP contribution in [0.25, 0.3) is 11.0 Å². The lowest BCUT2D eigenvalue weighted by molar-refractivity contribution is -0.120. The summed E-state index contributed by atoms with van der Waals surface area (Å²) in [6.07, 6.45) is 0.712. The van der Waals surface area contributed by atoms with E-state index >= 15 is 0 Å². The normalized spacial score (nSPS) is 15.7. The summed E-state index contributed by atoms with van der Waals surface area (Å²) in [5.41, 5.74) is 0.730. The highest BCUT2D eigenvalue weighted by atomic mass is 35.5. The van der Waals surface area contributed by atoms with Crippen LogP contribution >= 0.6 is 22.9 Å². The van der Waals surface area contributed by atoms with Crippen molar-refractivity contribution in [2.45, 2.75) is 24.0 Å². The molecule has 0 radical (unpaired) electrons. The van der Waals surface area contributed by atoms with Gasteiger partial charge in [0.25, 0.3) is 10.0 Å². The zero-order chi connectivity index (χ0) is 22.9. The number of hydrogen-bond acceptors (Lipinski definition) is 7. The van der Waals surface area contributed by atoms with Gasteiger partial charge in [-0.25, -0.2) is 13.2 Å². The molecule has 170 valence electrons. The molecule has 3 aromatic rings. The molecule has 0 unspecified atom stereocenters. The molecule has 2 aromatic heterocycles. The maximum Gasteiger partial charge on any atom is 0.376 e. The molecule has 8 nitrogen and oxygen atoms in total.